The van der Waals surface area contributed by atoms with E-state index in [2.05, 4.69) is 15.8 Å². The first kappa shape index (κ1) is 17.8. The second-order valence-electron chi connectivity index (χ2n) is 5.88. The quantitative estimate of drug-likeness (QED) is 0.379. The normalized spacial score (nSPS) is 12.0. The van der Waals surface area contributed by atoms with E-state index in [4.69, 9.17) is 26.4 Å². The molecule has 28 heavy (non-hydrogen) atoms. The Morgan fingerprint density at radius 3 is 2.50 bits per heavy atom. The van der Waals surface area contributed by atoms with Crippen LogP contribution in [0.2, 0.25) is 0 Å². The number of hydrogen-bond donors (Lipinski definition) is 2. The van der Waals surface area contributed by atoms with Crippen LogP contribution in [0.4, 0.5) is 5.69 Å². The highest BCUT2D eigenvalue weighted by atomic mass is 32.1. The number of hydrogen-bond acceptors (Lipinski definition) is 5. The van der Waals surface area contributed by atoms with E-state index in [1.807, 2.05) is 72.8 Å². The average molecular weight is 391 g/mol. The van der Waals surface area contributed by atoms with Crippen molar-refractivity contribution in [2.75, 3.05) is 12.1 Å². The van der Waals surface area contributed by atoms with Crippen LogP contribution in [0.1, 0.15) is 5.56 Å². The fraction of sp³-hybridized carbons (Fsp3) is 0.0476. The molecule has 1 aliphatic heterocycles. The van der Waals surface area contributed by atoms with Crippen LogP contribution in [0.25, 0.3) is 0 Å². The molecular formula is C21H17N3O3S. The molecule has 0 atom stereocenters. The number of nitrogens with zero attached hydrogens (tertiary/aromatic N) is 1. The second-order valence-corrected chi connectivity index (χ2v) is 6.28. The second kappa shape index (κ2) is 8.41. The first-order valence-corrected chi connectivity index (χ1v) is 9.00. The Labute approximate surface area is 167 Å². The molecule has 140 valence electrons. The first-order valence-electron chi connectivity index (χ1n) is 8.59. The monoisotopic (exact) mass is 391 g/mol. The number of fused-ring (bicyclic) bond motifs is 1. The van der Waals surface area contributed by atoms with Crippen molar-refractivity contribution in [2.24, 2.45) is 5.10 Å². The van der Waals surface area contributed by atoms with Gasteiger partial charge in [-0.05, 0) is 66.3 Å². The molecule has 0 radical (unpaired) electrons. The van der Waals surface area contributed by atoms with Gasteiger partial charge in [0.15, 0.2) is 16.6 Å². The van der Waals surface area contributed by atoms with Crippen LogP contribution in [-0.2, 0) is 0 Å². The largest absolute Gasteiger partial charge is 0.457 e. The Morgan fingerprint density at radius 1 is 0.929 bits per heavy atom. The van der Waals surface area contributed by atoms with E-state index < -0.39 is 0 Å². The molecule has 0 saturated carbocycles. The number of benzene rings is 3. The third kappa shape index (κ3) is 4.57. The van der Waals surface area contributed by atoms with Crippen LogP contribution in [0.3, 0.4) is 0 Å². The molecule has 0 spiro atoms. The molecule has 0 unspecified atom stereocenters. The fourth-order valence-electron chi connectivity index (χ4n) is 2.54. The van der Waals surface area contributed by atoms with E-state index in [1.165, 1.54) is 0 Å². The van der Waals surface area contributed by atoms with Gasteiger partial charge >= 0.3 is 0 Å². The predicted molar refractivity (Wildman–Crippen MR) is 112 cm³/mol. The fourth-order valence-corrected chi connectivity index (χ4v) is 2.71. The number of hydrazone groups is 1. The van der Waals surface area contributed by atoms with E-state index in [-0.39, 0.29) is 6.79 Å². The van der Waals surface area contributed by atoms with Gasteiger partial charge in [-0.25, -0.2) is 0 Å². The smallest absolute Gasteiger partial charge is 0.231 e. The van der Waals surface area contributed by atoms with Crippen molar-refractivity contribution in [3.05, 3.63) is 78.4 Å². The lowest BCUT2D eigenvalue weighted by atomic mass is 10.2. The number of nitrogens with one attached hydrogen (secondary N) is 2. The van der Waals surface area contributed by atoms with Gasteiger partial charge < -0.3 is 19.5 Å². The van der Waals surface area contributed by atoms with Crippen LogP contribution in [0.15, 0.2) is 77.9 Å². The molecule has 6 nitrogen and oxygen atoms in total. The van der Waals surface area contributed by atoms with Crippen LogP contribution in [-0.4, -0.2) is 18.1 Å². The van der Waals surface area contributed by atoms with E-state index >= 15 is 0 Å². The highest BCUT2D eigenvalue weighted by Gasteiger charge is 2.13. The molecule has 7 heteroatoms. The summed E-state index contributed by atoms with van der Waals surface area (Å²) in [5.74, 6) is 2.81. The van der Waals surface area contributed by atoms with E-state index in [9.17, 15) is 0 Å². The Hall–Kier alpha value is -3.58. The molecule has 3 aromatic carbocycles. The highest BCUT2D eigenvalue weighted by molar-refractivity contribution is 7.80. The Morgan fingerprint density at radius 2 is 1.68 bits per heavy atom. The van der Waals surface area contributed by atoms with Crippen molar-refractivity contribution in [2.45, 2.75) is 0 Å². The summed E-state index contributed by atoms with van der Waals surface area (Å²) in [5.41, 5.74) is 4.60. The van der Waals surface area contributed by atoms with E-state index in [1.54, 1.807) is 6.21 Å². The summed E-state index contributed by atoms with van der Waals surface area (Å²) in [7, 11) is 0. The minimum Gasteiger partial charge on any atom is -0.457 e. The third-order valence-electron chi connectivity index (χ3n) is 3.87. The van der Waals surface area contributed by atoms with Crippen molar-refractivity contribution in [3.8, 4) is 23.0 Å². The minimum atomic E-state index is 0.241. The SMILES string of the molecule is S=C(N/N=C/c1ccc(Oc2ccc3c(c2)OCO3)cc1)Nc1ccccc1. The highest BCUT2D eigenvalue weighted by Crippen LogP contribution is 2.36. The lowest BCUT2D eigenvalue weighted by Crippen LogP contribution is -2.23. The number of para-hydroxylation sites is 1. The number of ether oxygens (including phenoxy) is 3. The van der Waals surface area contributed by atoms with Gasteiger partial charge in [-0.15, -0.1) is 0 Å². The predicted octanol–water partition coefficient (Wildman–Crippen LogP) is 4.53. The maximum Gasteiger partial charge on any atom is 0.231 e. The molecule has 4 rings (SSSR count). The van der Waals surface area contributed by atoms with Gasteiger partial charge in [-0.2, -0.15) is 5.10 Å². The van der Waals surface area contributed by atoms with Crippen molar-refractivity contribution in [3.63, 3.8) is 0 Å². The summed E-state index contributed by atoms with van der Waals surface area (Å²) in [4.78, 5) is 0. The first-order chi connectivity index (χ1) is 13.8. The van der Waals surface area contributed by atoms with Gasteiger partial charge in [0.2, 0.25) is 6.79 Å². The summed E-state index contributed by atoms with van der Waals surface area (Å²) in [6.07, 6.45) is 1.68. The topological polar surface area (TPSA) is 64.1 Å². The van der Waals surface area contributed by atoms with Crippen molar-refractivity contribution < 1.29 is 14.2 Å². The van der Waals surface area contributed by atoms with Crippen molar-refractivity contribution in [1.29, 1.82) is 0 Å². The van der Waals surface area contributed by atoms with Crippen molar-refractivity contribution in [1.82, 2.24) is 5.43 Å². The summed E-state index contributed by atoms with van der Waals surface area (Å²) in [6.45, 7) is 0.241. The average Bonchev–Trinajstić information content (AvgIpc) is 3.18. The Bertz CT molecular complexity index is 992. The maximum absolute atomic E-state index is 5.84. The molecule has 0 fully saturated rings. The number of thiocarbonyl (C=S) groups is 1. The molecule has 0 amide bonds. The number of rotatable bonds is 5. The van der Waals surface area contributed by atoms with Crippen molar-refractivity contribution >= 4 is 29.2 Å². The summed E-state index contributed by atoms with van der Waals surface area (Å²) < 4.78 is 16.5. The molecule has 1 aliphatic rings. The molecule has 1 heterocycles. The van der Waals surface area contributed by atoms with Gasteiger partial charge in [0, 0.05) is 11.8 Å². The number of anilines is 1. The van der Waals surface area contributed by atoms with Gasteiger partial charge in [0.05, 0.1) is 6.21 Å². The zero-order chi connectivity index (χ0) is 19.2. The van der Waals surface area contributed by atoms with Gasteiger partial charge in [0.1, 0.15) is 11.5 Å². The lowest BCUT2D eigenvalue weighted by molar-refractivity contribution is 0.174. The van der Waals surface area contributed by atoms with Gasteiger partial charge in [0.25, 0.3) is 0 Å². The van der Waals surface area contributed by atoms with Crippen LogP contribution >= 0.6 is 12.2 Å². The molecule has 0 saturated heterocycles. The zero-order valence-corrected chi connectivity index (χ0v) is 15.6. The zero-order valence-electron chi connectivity index (χ0n) is 14.8. The Balaban J connectivity index is 1.30. The molecule has 0 aliphatic carbocycles. The standard InChI is InChI=1S/C21H17N3O3S/c28-21(23-16-4-2-1-3-5-16)24-22-13-15-6-8-17(9-7-15)27-18-10-11-19-20(12-18)26-14-25-19/h1-13H,14H2,(H2,23,24,28)/b22-13+. The van der Waals surface area contributed by atoms with Gasteiger partial charge in [-0.3, -0.25) is 5.43 Å². The van der Waals surface area contributed by atoms with Crippen LogP contribution in [0, 0.1) is 0 Å². The molecule has 0 aromatic heterocycles. The summed E-state index contributed by atoms with van der Waals surface area (Å²) >= 11 is 5.20. The van der Waals surface area contributed by atoms with Gasteiger partial charge in [-0.1, -0.05) is 18.2 Å². The third-order valence-corrected chi connectivity index (χ3v) is 4.06. The minimum absolute atomic E-state index is 0.241. The molecule has 3 aromatic rings. The van der Waals surface area contributed by atoms with Crippen LogP contribution < -0.4 is 25.0 Å². The Kier molecular flexibility index (Phi) is 5.35. The summed E-state index contributed by atoms with van der Waals surface area (Å²) in [6, 6.07) is 22.7. The molecule has 0 bridgehead atoms. The maximum atomic E-state index is 5.84. The lowest BCUT2D eigenvalue weighted by Gasteiger charge is -2.07. The molecule has 2 N–H and O–H groups in total. The molecular weight excluding hydrogens is 374 g/mol. The van der Waals surface area contributed by atoms with E-state index in [0.717, 1.165) is 17.0 Å². The summed E-state index contributed by atoms with van der Waals surface area (Å²) in [5, 5.41) is 7.61. The van der Waals surface area contributed by atoms with E-state index in [0.29, 0.717) is 22.4 Å². The van der Waals surface area contributed by atoms with Crippen LogP contribution in [0.5, 0.6) is 23.0 Å².